The average molecular weight is 456 g/mol. The monoisotopic (exact) mass is 456 g/mol. The maximum absolute atomic E-state index is 13.0. The number of hydrogen-bond donors (Lipinski definition) is 1. The van der Waals surface area contributed by atoms with Crippen LogP contribution >= 0.6 is 0 Å². The van der Waals surface area contributed by atoms with Crippen LogP contribution in [0.15, 0.2) is 36.4 Å². The van der Waals surface area contributed by atoms with Crippen molar-refractivity contribution in [2.75, 3.05) is 46.8 Å². The third-order valence-electron chi connectivity index (χ3n) is 5.64. The summed E-state index contributed by atoms with van der Waals surface area (Å²) in [6.45, 7) is 0.867. The highest BCUT2D eigenvalue weighted by Crippen LogP contribution is 2.27. The van der Waals surface area contributed by atoms with E-state index < -0.39 is 5.97 Å². The van der Waals surface area contributed by atoms with Crippen LogP contribution in [0.2, 0.25) is 0 Å². The highest BCUT2D eigenvalue weighted by Gasteiger charge is 2.29. The van der Waals surface area contributed by atoms with Crippen molar-refractivity contribution in [2.24, 2.45) is 5.92 Å². The van der Waals surface area contributed by atoms with Crippen molar-refractivity contribution >= 4 is 23.5 Å². The van der Waals surface area contributed by atoms with Crippen LogP contribution in [-0.2, 0) is 9.53 Å². The summed E-state index contributed by atoms with van der Waals surface area (Å²) in [5.74, 6) is 0.338. The van der Waals surface area contributed by atoms with Gasteiger partial charge in [-0.25, -0.2) is 4.79 Å². The first kappa shape index (κ1) is 23.9. The van der Waals surface area contributed by atoms with Crippen molar-refractivity contribution in [3.8, 4) is 17.2 Å². The van der Waals surface area contributed by atoms with Gasteiger partial charge in [0.25, 0.3) is 5.91 Å². The van der Waals surface area contributed by atoms with Crippen LogP contribution in [0.1, 0.15) is 33.6 Å². The molecule has 3 rings (SSSR count). The van der Waals surface area contributed by atoms with Gasteiger partial charge in [0.05, 0.1) is 39.7 Å². The minimum absolute atomic E-state index is 0.144. The van der Waals surface area contributed by atoms with Gasteiger partial charge in [-0.2, -0.15) is 0 Å². The lowest BCUT2D eigenvalue weighted by atomic mass is 9.95. The number of piperidine rings is 1. The van der Waals surface area contributed by atoms with Crippen molar-refractivity contribution in [1.82, 2.24) is 4.90 Å². The Labute approximate surface area is 192 Å². The van der Waals surface area contributed by atoms with Crippen LogP contribution in [0.4, 0.5) is 5.69 Å². The Bertz CT molecular complexity index is 1010. The normalized spacial score (nSPS) is 13.8. The first-order valence-corrected chi connectivity index (χ1v) is 10.5. The zero-order valence-corrected chi connectivity index (χ0v) is 19.2. The molecule has 2 amide bonds. The number of methoxy groups -OCH3 is 4. The predicted molar refractivity (Wildman–Crippen MR) is 121 cm³/mol. The van der Waals surface area contributed by atoms with E-state index in [1.54, 1.807) is 35.2 Å². The number of amides is 2. The van der Waals surface area contributed by atoms with Crippen molar-refractivity contribution in [2.45, 2.75) is 12.8 Å². The topological polar surface area (TPSA) is 103 Å². The average Bonchev–Trinajstić information content (AvgIpc) is 2.87. The summed E-state index contributed by atoms with van der Waals surface area (Å²) in [6.07, 6.45) is 1.00. The molecule has 1 fully saturated rings. The Kier molecular flexibility index (Phi) is 7.76. The van der Waals surface area contributed by atoms with Gasteiger partial charge >= 0.3 is 5.97 Å². The summed E-state index contributed by atoms with van der Waals surface area (Å²) < 4.78 is 20.5. The van der Waals surface area contributed by atoms with Crippen molar-refractivity contribution in [3.05, 3.63) is 47.5 Å². The Morgan fingerprint density at radius 3 is 2.00 bits per heavy atom. The lowest BCUT2D eigenvalue weighted by molar-refractivity contribution is -0.121. The van der Waals surface area contributed by atoms with Gasteiger partial charge < -0.3 is 29.2 Å². The van der Waals surface area contributed by atoms with Gasteiger partial charge in [0.2, 0.25) is 5.91 Å². The molecule has 1 aliphatic heterocycles. The third-order valence-corrected chi connectivity index (χ3v) is 5.64. The predicted octanol–water partition coefficient (Wildman–Crippen LogP) is 2.99. The quantitative estimate of drug-likeness (QED) is 0.639. The molecule has 0 radical (unpaired) electrons. The summed E-state index contributed by atoms with van der Waals surface area (Å²) in [7, 11) is 5.83. The van der Waals surface area contributed by atoms with E-state index in [0.717, 1.165) is 0 Å². The highest BCUT2D eigenvalue weighted by molar-refractivity contribution is 6.02. The van der Waals surface area contributed by atoms with E-state index in [1.165, 1.54) is 34.5 Å². The van der Waals surface area contributed by atoms with E-state index in [2.05, 4.69) is 5.32 Å². The SMILES string of the molecule is COC(=O)c1cc(OC)ccc1NC(=O)C1CCN(C(=O)c2cc(OC)cc(OC)c2)CC1. The largest absolute Gasteiger partial charge is 0.497 e. The number of rotatable bonds is 7. The summed E-state index contributed by atoms with van der Waals surface area (Å²) in [6, 6.07) is 9.83. The zero-order valence-electron chi connectivity index (χ0n) is 19.2. The molecule has 0 saturated carbocycles. The number of ether oxygens (including phenoxy) is 4. The molecule has 9 heteroatoms. The second-order valence-corrected chi connectivity index (χ2v) is 7.56. The van der Waals surface area contributed by atoms with Crippen LogP contribution in [-0.4, -0.2) is 64.2 Å². The van der Waals surface area contributed by atoms with Crippen LogP contribution in [0.3, 0.4) is 0 Å². The molecule has 1 saturated heterocycles. The fraction of sp³-hybridized carbons (Fsp3) is 0.375. The maximum Gasteiger partial charge on any atom is 0.340 e. The Morgan fingerprint density at radius 2 is 1.45 bits per heavy atom. The first-order chi connectivity index (χ1) is 15.9. The van der Waals surface area contributed by atoms with Gasteiger partial charge in [-0.1, -0.05) is 0 Å². The van der Waals surface area contributed by atoms with E-state index in [1.807, 2.05) is 0 Å². The molecule has 1 N–H and O–H groups in total. The van der Waals surface area contributed by atoms with Gasteiger partial charge in [-0.15, -0.1) is 0 Å². The molecule has 0 bridgehead atoms. The number of nitrogens with one attached hydrogen (secondary N) is 1. The standard InChI is InChI=1S/C24H28N2O7/c1-30-17-5-6-21(20(14-17)24(29)33-4)25-22(27)15-7-9-26(10-8-15)23(28)16-11-18(31-2)13-19(12-16)32-3/h5-6,11-15H,7-10H2,1-4H3,(H,25,27). The number of carbonyl (C=O) groups is 3. The molecule has 1 heterocycles. The van der Waals surface area contributed by atoms with E-state index in [4.69, 9.17) is 18.9 Å². The van der Waals surface area contributed by atoms with E-state index in [0.29, 0.717) is 54.4 Å². The highest BCUT2D eigenvalue weighted by atomic mass is 16.5. The van der Waals surface area contributed by atoms with Crippen LogP contribution in [0.25, 0.3) is 0 Å². The molecule has 0 atom stereocenters. The van der Waals surface area contributed by atoms with E-state index >= 15 is 0 Å². The number of nitrogens with zero attached hydrogens (tertiary/aromatic N) is 1. The van der Waals surface area contributed by atoms with Gasteiger partial charge in [-0.3, -0.25) is 9.59 Å². The fourth-order valence-electron chi connectivity index (χ4n) is 3.73. The van der Waals surface area contributed by atoms with Crippen molar-refractivity contribution in [3.63, 3.8) is 0 Å². The van der Waals surface area contributed by atoms with Gasteiger partial charge in [-0.05, 0) is 43.2 Å². The smallest absolute Gasteiger partial charge is 0.340 e. The molecule has 2 aromatic rings. The van der Waals surface area contributed by atoms with Crippen molar-refractivity contribution < 1.29 is 33.3 Å². The number of carbonyl (C=O) groups excluding carboxylic acids is 3. The van der Waals surface area contributed by atoms with E-state index in [-0.39, 0.29) is 23.3 Å². The molecular formula is C24H28N2O7. The summed E-state index contributed by atoms with van der Waals surface area (Å²) in [5.41, 5.74) is 1.04. The fourth-order valence-corrected chi connectivity index (χ4v) is 3.73. The number of hydrogen-bond acceptors (Lipinski definition) is 7. The molecule has 0 unspecified atom stereocenters. The number of anilines is 1. The summed E-state index contributed by atoms with van der Waals surface area (Å²) in [4.78, 5) is 39.7. The Hall–Kier alpha value is -3.75. The second kappa shape index (κ2) is 10.7. The molecule has 33 heavy (non-hydrogen) atoms. The Balaban J connectivity index is 1.65. The molecule has 2 aromatic carbocycles. The van der Waals surface area contributed by atoms with Gasteiger partial charge in [0, 0.05) is 30.6 Å². The van der Waals surface area contributed by atoms with Crippen molar-refractivity contribution in [1.29, 1.82) is 0 Å². The molecule has 9 nitrogen and oxygen atoms in total. The number of esters is 1. The molecule has 1 aliphatic rings. The molecule has 0 spiro atoms. The minimum Gasteiger partial charge on any atom is -0.497 e. The molecular weight excluding hydrogens is 428 g/mol. The van der Waals surface area contributed by atoms with Crippen LogP contribution in [0, 0.1) is 5.92 Å². The molecule has 0 aliphatic carbocycles. The molecule has 0 aromatic heterocycles. The minimum atomic E-state index is -0.571. The summed E-state index contributed by atoms with van der Waals surface area (Å²) in [5, 5.41) is 2.82. The molecule has 176 valence electrons. The van der Waals surface area contributed by atoms with Gasteiger partial charge in [0.1, 0.15) is 17.2 Å². The van der Waals surface area contributed by atoms with Crippen LogP contribution in [0.5, 0.6) is 17.2 Å². The summed E-state index contributed by atoms with van der Waals surface area (Å²) >= 11 is 0. The van der Waals surface area contributed by atoms with Crippen LogP contribution < -0.4 is 19.5 Å². The Morgan fingerprint density at radius 1 is 0.848 bits per heavy atom. The first-order valence-electron chi connectivity index (χ1n) is 10.5. The van der Waals surface area contributed by atoms with Gasteiger partial charge in [0.15, 0.2) is 0 Å². The van der Waals surface area contributed by atoms with E-state index in [9.17, 15) is 14.4 Å². The zero-order chi connectivity index (χ0) is 24.0. The maximum atomic E-state index is 13.0. The lowest BCUT2D eigenvalue weighted by Gasteiger charge is -2.31. The number of likely N-dealkylation sites (tertiary alicyclic amines) is 1. The third kappa shape index (κ3) is 5.54. The number of benzene rings is 2. The lowest BCUT2D eigenvalue weighted by Crippen LogP contribution is -2.41. The second-order valence-electron chi connectivity index (χ2n) is 7.56.